The molecule has 0 bridgehead atoms. The van der Waals surface area contributed by atoms with Crippen molar-refractivity contribution in [3.8, 4) is 0 Å². The predicted molar refractivity (Wildman–Crippen MR) is 123 cm³/mol. The molecule has 154 valence electrons. The van der Waals surface area contributed by atoms with Crippen molar-refractivity contribution in [2.75, 3.05) is 32.8 Å². The zero-order chi connectivity index (χ0) is 18.8. The predicted octanol–water partition coefficient (Wildman–Crippen LogP) is 2.60. The minimum absolute atomic E-state index is 0. The van der Waals surface area contributed by atoms with E-state index < -0.39 is 0 Å². The van der Waals surface area contributed by atoms with E-state index >= 15 is 0 Å². The maximum absolute atomic E-state index is 12.5. The molecule has 1 aliphatic heterocycles. The molecule has 6 nitrogen and oxygen atoms in total. The number of carbonyl (C=O) groups is 1. The number of amides is 1. The summed E-state index contributed by atoms with van der Waals surface area (Å²) in [6.07, 6.45) is 3.90. The molecule has 0 aliphatic carbocycles. The quantitative estimate of drug-likeness (QED) is 0.272. The molecule has 27 heavy (non-hydrogen) atoms. The highest BCUT2D eigenvalue weighted by Gasteiger charge is 2.21. The zero-order valence-electron chi connectivity index (χ0n) is 16.4. The van der Waals surface area contributed by atoms with Gasteiger partial charge in [-0.05, 0) is 49.1 Å². The van der Waals surface area contributed by atoms with E-state index in [9.17, 15) is 9.90 Å². The number of hydrogen-bond donors (Lipinski definition) is 3. The van der Waals surface area contributed by atoms with E-state index in [1.165, 1.54) is 10.4 Å². The third-order valence-corrected chi connectivity index (χ3v) is 5.69. The summed E-state index contributed by atoms with van der Waals surface area (Å²) in [5, 5.41) is 17.8. The van der Waals surface area contributed by atoms with Crippen LogP contribution in [-0.2, 0) is 17.8 Å². The van der Waals surface area contributed by atoms with Gasteiger partial charge in [0.2, 0.25) is 5.91 Å². The second kappa shape index (κ2) is 13.3. The number of halogens is 1. The van der Waals surface area contributed by atoms with Crippen molar-refractivity contribution in [1.29, 1.82) is 0 Å². The number of nitrogens with one attached hydrogen (secondary N) is 2. The Hall–Kier alpha value is -0.870. The molecule has 0 saturated carbocycles. The minimum atomic E-state index is 0. The maximum Gasteiger partial charge on any atom is 0.244 e. The Balaban J connectivity index is 0.00000364. The van der Waals surface area contributed by atoms with Gasteiger partial charge in [-0.2, -0.15) is 0 Å². The largest absolute Gasteiger partial charge is 0.396 e. The second-order valence-corrected chi connectivity index (χ2v) is 7.68. The lowest BCUT2D eigenvalue weighted by atomic mass is 10.0. The molecular formula is C19H33IN4O2S. The van der Waals surface area contributed by atoms with Gasteiger partial charge >= 0.3 is 0 Å². The van der Waals surface area contributed by atoms with Crippen LogP contribution in [0.1, 0.15) is 43.6 Å². The number of nitrogens with zero attached hydrogens (tertiary/aromatic N) is 2. The van der Waals surface area contributed by atoms with Gasteiger partial charge in [0.1, 0.15) is 6.54 Å². The first-order chi connectivity index (χ1) is 12.7. The third-order valence-electron chi connectivity index (χ3n) is 4.67. The smallest absolute Gasteiger partial charge is 0.244 e. The van der Waals surface area contributed by atoms with Gasteiger partial charge in [0.25, 0.3) is 0 Å². The van der Waals surface area contributed by atoms with Crippen LogP contribution in [0.2, 0.25) is 0 Å². The highest BCUT2D eigenvalue weighted by molar-refractivity contribution is 14.0. The number of thiophene rings is 1. The van der Waals surface area contributed by atoms with Gasteiger partial charge in [0, 0.05) is 37.7 Å². The zero-order valence-corrected chi connectivity index (χ0v) is 19.5. The molecule has 2 heterocycles. The van der Waals surface area contributed by atoms with Crippen LogP contribution in [0, 0.1) is 5.92 Å². The lowest BCUT2D eigenvalue weighted by molar-refractivity contribution is -0.130. The average molecular weight is 508 g/mol. The van der Waals surface area contributed by atoms with Gasteiger partial charge in [-0.15, -0.1) is 35.3 Å². The molecule has 1 unspecified atom stereocenters. The fraction of sp³-hybridized carbons (Fsp3) is 0.684. The standard InChI is InChI=1S/C19H32N4O2S.HI/c1-3-5-15(7-10-24)12-21-19(20-4-2)22-13-18(25)23-9-6-17-16(14-23)8-11-26-17;/h8,11,15,24H,3-7,9-10,12-14H2,1-2H3,(H2,20,21,22);1H. The Morgan fingerprint density at radius 1 is 1.37 bits per heavy atom. The molecule has 0 fully saturated rings. The molecule has 1 aromatic rings. The number of rotatable bonds is 9. The van der Waals surface area contributed by atoms with Crippen molar-refractivity contribution >= 4 is 47.2 Å². The summed E-state index contributed by atoms with van der Waals surface area (Å²) >= 11 is 1.78. The van der Waals surface area contributed by atoms with Crippen molar-refractivity contribution < 1.29 is 9.90 Å². The highest BCUT2D eigenvalue weighted by Crippen LogP contribution is 2.23. The van der Waals surface area contributed by atoms with Crippen molar-refractivity contribution in [3.63, 3.8) is 0 Å². The van der Waals surface area contributed by atoms with Crippen LogP contribution in [0.15, 0.2) is 16.4 Å². The summed E-state index contributed by atoms with van der Waals surface area (Å²) in [7, 11) is 0. The molecule has 1 amide bonds. The van der Waals surface area contributed by atoms with Crippen LogP contribution in [-0.4, -0.2) is 54.7 Å². The van der Waals surface area contributed by atoms with Gasteiger partial charge in [-0.3, -0.25) is 4.79 Å². The summed E-state index contributed by atoms with van der Waals surface area (Å²) in [6.45, 7) is 7.52. The molecular weight excluding hydrogens is 475 g/mol. The molecule has 1 aliphatic rings. The fourth-order valence-electron chi connectivity index (χ4n) is 3.23. The minimum Gasteiger partial charge on any atom is -0.396 e. The summed E-state index contributed by atoms with van der Waals surface area (Å²) in [5.74, 6) is 1.16. The lowest BCUT2D eigenvalue weighted by Gasteiger charge is -2.26. The first-order valence-electron chi connectivity index (χ1n) is 9.63. The van der Waals surface area contributed by atoms with E-state index in [2.05, 4.69) is 34.0 Å². The molecule has 0 aromatic carbocycles. The van der Waals surface area contributed by atoms with E-state index in [0.717, 1.165) is 45.3 Å². The second-order valence-electron chi connectivity index (χ2n) is 6.68. The highest BCUT2D eigenvalue weighted by atomic mass is 127. The maximum atomic E-state index is 12.5. The molecule has 0 spiro atoms. The van der Waals surface area contributed by atoms with Gasteiger partial charge in [0.15, 0.2) is 5.96 Å². The normalized spacial score (nSPS) is 14.9. The monoisotopic (exact) mass is 508 g/mol. The number of aliphatic hydroxyl groups is 1. The first-order valence-corrected chi connectivity index (χ1v) is 10.5. The fourth-order valence-corrected chi connectivity index (χ4v) is 4.12. The third kappa shape index (κ3) is 7.95. The summed E-state index contributed by atoms with van der Waals surface area (Å²) in [5.41, 5.74) is 1.27. The van der Waals surface area contributed by atoms with Gasteiger partial charge in [0.05, 0.1) is 0 Å². The van der Waals surface area contributed by atoms with Crippen LogP contribution in [0.4, 0.5) is 0 Å². The Labute approximate surface area is 183 Å². The molecule has 0 saturated heterocycles. The van der Waals surface area contributed by atoms with Crippen LogP contribution in [0.5, 0.6) is 0 Å². The first kappa shape index (κ1) is 24.2. The van der Waals surface area contributed by atoms with E-state index in [1.807, 2.05) is 11.8 Å². The Morgan fingerprint density at radius 2 is 2.19 bits per heavy atom. The summed E-state index contributed by atoms with van der Waals surface area (Å²) < 4.78 is 0. The van der Waals surface area contributed by atoms with Crippen molar-refractivity contribution in [1.82, 2.24) is 15.5 Å². The van der Waals surface area contributed by atoms with E-state index in [-0.39, 0.29) is 43.0 Å². The van der Waals surface area contributed by atoms with Crippen LogP contribution in [0.3, 0.4) is 0 Å². The SMILES string of the molecule is CCCC(CCO)CNC(=NCC(=O)N1CCc2sccc2C1)NCC.I. The number of carbonyl (C=O) groups excluding carboxylic acids is 1. The average Bonchev–Trinajstić information content (AvgIpc) is 3.11. The Morgan fingerprint density at radius 3 is 2.89 bits per heavy atom. The van der Waals surface area contributed by atoms with Crippen LogP contribution >= 0.6 is 35.3 Å². The van der Waals surface area contributed by atoms with Gasteiger partial charge < -0.3 is 20.6 Å². The number of aliphatic hydroxyl groups excluding tert-OH is 1. The van der Waals surface area contributed by atoms with E-state index in [4.69, 9.17) is 0 Å². The van der Waals surface area contributed by atoms with Crippen LogP contribution < -0.4 is 10.6 Å². The Kier molecular flexibility index (Phi) is 11.9. The van der Waals surface area contributed by atoms with Crippen molar-refractivity contribution in [3.05, 3.63) is 21.9 Å². The topological polar surface area (TPSA) is 77.0 Å². The lowest BCUT2D eigenvalue weighted by Crippen LogP contribution is -2.42. The molecule has 1 atom stereocenters. The van der Waals surface area contributed by atoms with E-state index in [1.54, 1.807) is 11.3 Å². The number of fused-ring (bicyclic) bond motifs is 1. The molecule has 0 radical (unpaired) electrons. The van der Waals surface area contributed by atoms with Gasteiger partial charge in [-0.1, -0.05) is 13.3 Å². The molecule has 8 heteroatoms. The van der Waals surface area contributed by atoms with Gasteiger partial charge in [-0.25, -0.2) is 4.99 Å². The van der Waals surface area contributed by atoms with E-state index in [0.29, 0.717) is 18.4 Å². The van der Waals surface area contributed by atoms with Crippen LogP contribution in [0.25, 0.3) is 0 Å². The van der Waals surface area contributed by atoms with Crippen molar-refractivity contribution in [2.45, 2.75) is 46.1 Å². The Bertz CT molecular complexity index is 588. The number of guanidine groups is 1. The molecule has 3 N–H and O–H groups in total. The summed E-state index contributed by atoms with van der Waals surface area (Å²) in [6, 6.07) is 2.11. The number of aliphatic imine (C=N–C) groups is 1. The molecule has 2 rings (SSSR count). The number of hydrogen-bond acceptors (Lipinski definition) is 4. The van der Waals surface area contributed by atoms with Crippen molar-refractivity contribution in [2.24, 2.45) is 10.9 Å². The summed E-state index contributed by atoms with van der Waals surface area (Å²) in [4.78, 5) is 20.3. The molecule has 1 aromatic heterocycles.